The number of nitrogens with one attached hydrogen (secondary N) is 2. The first-order chi connectivity index (χ1) is 25.8. The molecule has 1 fully saturated rings. The third-order valence-electron chi connectivity index (χ3n) is 11.8. The molecule has 7 atom stereocenters. The van der Waals surface area contributed by atoms with Gasteiger partial charge in [0.15, 0.2) is 0 Å². The number of nitrogens with zero attached hydrogens (tertiary/aromatic N) is 3. The lowest BCUT2D eigenvalue weighted by atomic mass is 9.85. The molecule has 0 spiro atoms. The second kappa shape index (κ2) is 16.7. The fraction of sp³-hybridized carbons (Fsp3) is 0.548. The number of amides is 1. The van der Waals surface area contributed by atoms with Crippen LogP contribution in [0.15, 0.2) is 24.3 Å². The van der Waals surface area contributed by atoms with Crippen LogP contribution in [-0.4, -0.2) is 107 Å². The minimum Gasteiger partial charge on any atom is -0.394 e. The highest BCUT2D eigenvalue weighted by Gasteiger charge is 2.43. The zero-order valence-corrected chi connectivity index (χ0v) is 33.7. The SMILES string of the molecule is CCC1=C(C)c2cc3nc(c(C)c4cc(C)c(cc5[nH]c(cc1n2)c(C)c5CC)[nH]4)[C@@H](CCC(=O)N(C)CCCS[C@@H]1O[C@H](CO)[C@@H](O)[C@H](O)[C@H]1O)[C@@H]3C. The van der Waals surface area contributed by atoms with E-state index >= 15 is 0 Å². The van der Waals surface area contributed by atoms with Gasteiger partial charge in [-0.1, -0.05) is 20.8 Å². The number of rotatable bonds is 11. The number of ether oxygens (including phenoxy) is 1. The second-order valence-electron chi connectivity index (χ2n) is 15.2. The number of allylic oxidation sites excluding steroid dienone is 2. The number of aromatic nitrogens is 4. The van der Waals surface area contributed by atoms with Crippen molar-refractivity contribution in [3.63, 3.8) is 0 Å². The molecule has 3 aliphatic rings. The van der Waals surface area contributed by atoms with E-state index in [1.165, 1.54) is 34.0 Å². The molecule has 3 aliphatic heterocycles. The van der Waals surface area contributed by atoms with Crippen LogP contribution in [0.4, 0.5) is 0 Å². The molecule has 0 radical (unpaired) electrons. The average molecular weight is 760 g/mol. The summed E-state index contributed by atoms with van der Waals surface area (Å²) in [6, 6.07) is 8.77. The Balaban J connectivity index is 1.26. The van der Waals surface area contributed by atoms with Crippen molar-refractivity contribution in [3.05, 3.63) is 69.3 Å². The third-order valence-corrected chi connectivity index (χ3v) is 13.0. The molecule has 292 valence electrons. The first kappa shape index (κ1) is 40.2. The summed E-state index contributed by atoms with van der Waals surface area (Å²) >= 11 is 1.30. The number of hydrogen-bond donors (Lipinski definition) is 6. The lowest BCUT2D eigenvalue weighted by Gasteiger charge is -2.39. The van der Waals surface area contributed by atoms with Gasteiger partial charge in [-0.3, -0.25) is 9.78 Å². The summed E-state index contributed by atoms with van der Waals surface area (Å²) < 4.78 is 5.61. The zero-order valence-electron chi connectivity index (χ0n) is 32.9. The second-order valence-corrected chi connectivity index (χ2v) is 16.4. The summed E-state index contributed by atoms with van der Waals surface area (Å²) in [5.41, 5.74) is 14.6. The predicted octanol–water partition coefficient (Wildman–Crippen LogP) is 6.19. The number of H-pyrrole nitrogens is 2. The van der Waals surface area contributed by atoms with Crippen LogP contribution in [0.5, 0.6) is 0 Å². The highest BCUT2D eigenvalue weighted by molar-refractivity contribution is 7.99. The van der Waals surface area contributed by atoms with Gasteiger partial charge in [0, 0.05) is 65.3 Å². The van der Waals surface area contributed by atoms with E-state index in [0.29, 0.717) is 31.6 Å². The van der Waals surface area contributed by atoms with Crippen molar-refractivity contribution in [2.24, 2.45) is 0 Å². The molecule has 54 heavy (non-hydrogen) atoms. The minimum atomic E-state index is -1.40. The van der Waals surface area contributed by atoms with E-state index in [9.17, 15) is 25.2 Å². The smallest absolute Gasteiger partial charge is 0.222 e. The molecule has 11 nitrogen and oxygen atoms in total. The van der Waals surface area contributed by atoms with Gasteiger partial charge in [0.25, 0.3) is 0 Å². The van der Waals surface area contributed by atoms with Crippen molar-refractivity contribution < 1.29 is 30.0 Å². The molecule has 6 N–H and O–H groups in total. The Kier molecular flexibility index (Phi) is 12.4. The van der Waals surface area contributed by atoms with Crippen LogP contribution in [0.1, 0.15) is 110 Å². The van der Waals surface area contributed by atoms with E-state index in [1.807, 2.05) is 7.05 Å². The van der Waals surface area contributed by atoms with Crippen LogP contribution < -0.4 is 0 Å². The number of hydrogen-bond acceptors (Lipinski definition) is 9. The van der Waals surface area contributed by atoms with Crippen molar-refractivity contribution in [1.29, 1.82) is 0 Å². The van der Waals surface area contributed by atoms with E-state index < -0.39 is 36.5 Å². The van der Waals surface area contributed by atoms with E-state index in [4.69, 9.17) is 14.7 Å². The number of fused-ring (bicyclic) bond motifs is 8. The number of aryl methyl sites for hydroxylation is 4. The molecule has 8 bridgehead atoms. The Morgan fingerprint density at radius 2 is 1.61 bits per heavy atom. The molecule has 6 rings (SSSR count). The van der Waals surface area contributed by atoms with Gasteiger partial charge in [0.1, 0.15) is 29.9 Å². The van der Waals surface area contributed by atoms with Crippen molar-refractivity contribution in [3.8, 4) is 0 Å². The third kappa shape index (κ3) is 7.79. The molecule has 0 unspecified atom stereocenters. The van der Waals surface area contributed by atoms with Gasteiger partial charge < -0.3 is 40.0 Å². The van der Waals surface area contributed by atoms with Gasteiger partial charge in [-0.05, 0) is 117 Å². The molecule has 1 amide bonds. The van der Waals surface area contributed by atoms with Crippen LogP contribution in [0.2, 0.25) is 0 Å². The summed E-state index contributed by atoms with van der Waals surface area (Å²) in [6.45, 7) is 15.2. The summed E-state index contributed by atoms with van der Waals surface area (Å²) in [7, 11) is 1.81. The van der Waals surface area contributed by atoms with Crippen LogP contribution >= 0.6 is 11.8 Å². The maximum Gasteiger partial charge on any atom is 0.222 e. The highest BCUT2D eigenvalue weighted by Crippen LogP contribution is 2.42. The van der Waals surface area contributed by atoms with Crippen LogP contribution in [0.3, 0.4) is 0 Å². The van der Waals surface area contributed by atoms with Crippen LogP contribution in [0, 0.1) is 20.8 Å². The molecule has 0 saturated carbocycles. The molecular weight excluding hydrogens is 703 g/mol. The van der Waals surface area contributed by atoms with Gasteiger partial charge in [-0.25, -0.2) is 4.98 Å². The maximum atomic E-state index is 13.5. The number of aliphatic hydroxyl groups excluding tert-OH is 4. The van der Waals surface area contributed by atoms with Crippen molar-refractivity contribution in [2.45, 2.75) is 122 Å². The van der Waals surface area contributed by atoms with Crippen molar-refractivity contribution in [2.75, 3.05) is 26.0 Å². The van der Waals surface area contributed by atoms with Gasteiger partial charge in [0.05, 0.1) is 18.0 Å². The van der Waals surface area contributed by atoms with Crippen molar-refractivity contribution in [1.82, 2.24) is 24.8 Å². The van der Waals surface area contributed by atoms with Crippen LogP contribution in [0.25, 0.3) is 33.2 Å². The predicted molar refractivity (Wildman–Crippen MR) is 216 cm³/mol. The molecule has 3 aromatic heterocycles. The number of aromatic amines is 2. The lowest BCUT2D eigenvalue weighted by molar-refractivity contribution is -0.205. The normalized spacial score (nSPS) is 24.3. The molecule has 12 heteroatoms. The standard InChI is InChI=1S/C42H57N5O6S/c1-9-26-23(5)32-19-35-27(10-2)22(4)31(44-35)18-33-24(6)28(38(46-33)25(7)30-16-21(3)29(43-30)17-34(26)45-32)12-13-37(49)47(8)14-11-15-54-42-41(52)40(51)39(50)36(20-48)53-42/h16-19,24,28,36,39-43,45,48,50-52H,9-15,20H2,1-8H3/t24-,28-,36+,39+,40-,41+,42-/m0/s1. The topological polar surface area (TPSA) is 168 Å². The Morgan fingerprint density at radius 1 is 0.889 bits per heavy atom. The summed E-state index contributed by atoms with van der Waals surface area (Å²) in [5, 5.41) is 40.0. The quantitative estimate of drug-likeness (QED) is 0.125. The first-order valence-corrected chi connectivity index (χ1v) is 20.4. The Hall–Kier alpha value is -3.52. The number of carbonyl (C=O) groups is 1. The fourth-order valence-electron chi connectivity index (χ4n) is 8.20. The molecule has 3 aromatic rings. The van der Waals surface area contributed by atoms with Gasteiger partial charge >= 0.3 is 0 Å². The summed E-state index contributed by atoms with van der Waals surface area (Å²) in [5.74, 6) is 0.726. The largest absolute Gasteiger partial charge is 0.394 e. The molecular formula is C42H57N5O6S. The Bertz CT molecular complexity index is 2070. The minimum absolute atomic E-state index is 0.0360. The summed E-state index contributed by atoms with van der Waals surface area (Å²) in [4.78, 5) is 33.2. The number of carbonyl (C=O) groups excluding carboxylic acids is 1. The first-order valence-electron chi connectivity index (χ1n) is 19.3. The number of aliphatic hydroxyl groups is 4. The monoisotopic (exact) mass is 759 g/mol. The Morgan fingerprint density at radius 3 is 2.31 bits per heavy atom. The van der Waals surface area contributed by atoms with Crippen LogP contribution in [-0.2, 0) is 16.0 Å². The van der Waals surface area contributed by atoms with Gasteiger partial charge in [0.2, 0.25) is 5.91 Å². The Labute approximate surface area is 322 Å². The zero-order chi connectivity index (χ0) is 39.0. The van der Waals surface area contributed by atoms with Crippen molar-refractivity contribution >= 4 is 50.9 Å². The highest BCUT2D eigenvalue weighted by atomic mass is 32.2. The van der Waals surface area contributed by atoms with E-state index in [1.54, 1.807) is 4.90 Å². The fourth-order valence-corrected chi connectivity index (χ4v) is 9.31. The molecule has 1 saturated heterocycles. The maximum absolute atomic E-state index is 13.5. The summed E-state index contributed by atoms with van der Waals surface area (Å²) in [6.07, 6.45) is -1.53. The molecule has 0 aliphatic carbocycles. The number of thioether (sulfide) groups is 1. The van der Waals surface area contributed by atoms with Gasteiger partial charge in [-0.2, -0.15) is 0 Å². The van der Waals surface area contributed by atoms with Gasteiger partial charge in [-0.15, -0.1) is 11.8 Å². The average Bonchev–Trinajstić information content (AvgIpc) is 3.86. The lowest BCUT2D eigenvalue weighted by Crippen LogP contribution is -2.57. The molecule has 6 heterocycles. The molecule has 0 aromatic carbocycles. The van der Waals surface area contributed by atoms with E-state index in [2.05, 4.69) is 82.7 Å². The van der Waals surface area contributed by atoms with E-state index in [0.717, 1.165) is 68.8 Å². The van der Waals surface area contributed by atoms with E-state index in [-0.39, 0.29) is 17.7 Å².